The van der Waals surface area contributed by atoms with Crippen molar-refractivity contribution in [1.29, 1.82) is 0 Å². The summed E-state index contributed by atoms with van der Waals surface area (Å²) in [6.45, 7) is 3.23. The number of amides is 2. The highest BCUT2D eigenvalue weighted by atomic mass is 16.6. The van der Waals surface area contributed by atoms with Crippen LogP contribution in [-0.2, 0) is 14.3 Å². The maximum Gasteiger partial charge on any atom is 0.412 e. The summed E-state index contributed by atoms with van der Waals surface area (Å²) in [5, 5.41) is 13.3. The SMILES string of the molecule is Bc1ccc(NC(=O)O[C@@H](CC(C)C)C(=O)NCC(=O)O)cc1. The van der Waals surface area contributed by atoms with E-state index >= 15 is 0 Å². The first-order valence-corrected chi connectivity index (χ1v) is 7.31. The number of nitrogens with one attached hydrogen (secondary N) is 2. The Morgan fingerprint density at radius 3 is 2.35 bits per heavy atom. The van der Waals surface area contributed by atoms with Gasteiger partial charge in [0.15, 0.2) is 6.10 Å². The molecule has 0 bridgehead atoms. The molecule has 2 amide bonds. The molecule has 0 aliphatic heterocycles. The number of carboxylic acids is 1. The van der Waals surface area contributed by atoms with E-state index in [4.69, 9.17) is 9.84 Å². The van der Waals surface area contributed by atoms with E-state index in [1.165, 1.54) is 0 Å². The smallest absolute Gasteiger partial charge is 0.412 e. The molecule has 0 radical (unpaired) electrons. The van der Waals surface area contributed by atoms with Gasteiger partial charge in [-0.25, -0.2) is 4.79 Å². The third-order valence-electron chi connectivity index (χ3n) is 2.94. The van der Waals surface area contributed by atoms with Crippen LogP contribution in [-0.4, -0.2) is 43.6 Å². The molecule has 0 unspecified atom stereocenters. The zero-order valence-electron chi connectivity index (χ0n) is 13.5. The van der Waals surface area contributed by atoms with Gasteiger partial charge in [-0.1, -0.05) is 31.4 Å². The minimum atomic E-state index is -1.16. The minimum Gasteiger partial charge on any atom is -0.480 e. The number of rotatable bonds is 7. The van der Waals surface area contributed by atoms with Gasteiger partial charge in [0.25, 0.3) is 5.91 Å². The topological polar surface area (TPSA) is 105 Å². The highest BCUT2D eigenvalue weighted by Crippen LogP contribution is 2.11. The molecule has 7 nitrogen and oxygen atoms in total. The molecular formula is C15H21BN2O5. The molecule has 1 aromatic carbocycles. The lowest BCUT2D eigenvalue weighted by Crippen LogP contribution is -2.41. The fourth-order valence-corrected chi connectivity index (χ4v) is 1.83. The lowest BCUT2D eigenvalue weighted by atomic mass is 9.96. The third-order valence-corrected chi connectivity index (χ3v) is 2.94. The Morgan fingerprint density at radius 2 is 1.83 bits per heavy atom. The lowest BCUT2D eigenvalue weighted by Gasteiger charge is -2.19. The molecule has 1 aromatic rings. The van der Waals surface area contributed by atoms with Gasteiger partial charge < -0.3 is 15.2 Å². The van der Waals surface area contributed by atoms with E-state index in [2.05, 4.69) is 10.6 Å². The van der Waals surface area contributed by atoms with Crippen LogP contribution >= 0.6 is 0 Å². The predicted molar refractivity (Wildman–Crippen MR) is 88.6 cm³/mol. The van der Waals surface area contributed by atoms with Gasteiger partial charge in [0, 0.05) is 5.69 Å². The number of hydrogen-bond acceptors (Lipinski definition) is 4. The van der Waals surface area contributed by atoms with Crippen LogP contribution in [0.5, 0.6) is 0 Å². The molecule has 1 atom stereocenters. The summed E-state index contributed by atoms with van der Waals surface area (Å²) >= 11 is 0. The monoisotopic (exact) mass is 320 g/mol. The van der Waals surface area contributed by atoms with Crippen molar-refractivity contribution in [3.8, 4) is 0 Å². The zero-order valence-corrected chi connectivity index (χ0v) is 13.5. The van der Waals surface area contributed by atoms with Crippen molar-refractivity contribution in [1.82, 2.24) is 5.32 Å². The van der Waals surface area contributed by atoms with E-state index in [1.807, 2.05) is 33.8 Å². The number of anilines is 1. The van der Waals surface area contributed by atoms with Gasteiger partial charge in [-0.3, -0.25) is 14.9 Å². The fourth-order valence-electron chi connectivity index (χ4n) is 1.83. The normalized spacial score (nSPS) is 11.6. The maximum atomic E-state index is 11.9. The van der Waals surface area contributed by atoms with Gasteiger partial charge in [-0.05, 0) is 24.5 Å². The molecule has 0 aliphatic carbocycles. The average molecular weight is 320 g/mol. The van der Waals surface area contributed by atoms with Crippen LogP contribution in [0.1, 0.15) is 20.3 Å². The van der Waals surface area contributed by atoms with Gasteiger partial charge >= 0.3 is 12.1 Å². The van der Waals surface area contributed by atoms with Gasteiger partial charge in [-0.15, -0.1) is 0 Å². The van der Waals surface area contributed by atoms with E-state index in [9.17, 15) is 14.4 Å². The number of carbonyl (C=O) groups excluding carboxylic acids is 2. The van der Waals surface area contributed by atoms with Crippen molar-refractivity contribution in [2.24, 2.45) is 5.92 Å². The molecule has 0 aliphatic rings. The van der Waals surface area contributed by atoms with Crippen LogP contribution < -0.4 is 16.1 Å². The first-order valence-electron chi connectivity index (χ1n) is 7.31. The van der Waals surface area contributed by atoms with Crippen molar-refractivity contribution in [3.05, 3.63) is 24.3 Å². The standard InChI is InChI=1S/C15H21BN2O5/c1-9(2)7-12(14(21)17-8-13(19)20)23-15(22)18-11-5-3-10(16)4-6-11/h3-6,9,12H,7-8,16H2,1-2H3,(H,17,21)(H,18,22)(H,19,20)/t12-/m0/s1. The largest absolute Gasteiger partial charge is 0.480 e. The number of benzene rings is 1. The molecule has 0 spiro atoms. The Kier molecular flexibility index (Phi) is 7.11. The Hall–Kier alpha value is -2.51. The Bertz CT molecular complexity index is 559. The van der Waals surface area contributed by atoms with Crippen molar-refractivity contribution in [2.75, 3.05) is 11.9 Å². The van der Waals surface area contributed by atoms with E-state index in [0.717, 1.165) is 5.46 Å². The predicted octanol–water partition coefficient (Wildman–Crippen LogP) is 0.109. The van der Waals surface area contributed by atoms with Gasteiger partial charge in [-0.2, -0.15) is 0 Å². The van der Waals surface area contributed by atoms with Crippen LogP contribution in [0.4, 0.5) is 10.5 Å². The van der Waals surface area contributed by atoms with Crippen molar-refractivity contribution < 1.29 is 24.2 Å². The summed E-state index contributed by atoms with van der Waals surface area (Å²) in [6, 6.07) is 7.11. The molecule has 0 fully saturated rings. The molecule has 0 heterocycles. The molecule has 1 rings (SSSR count). The third kappa shape index (κ3) is 7.35. The van der Waals surface area contributed by atoms with E-state index in [0.29, 0.717) is 12.1 Å². The highest BCUT2D eigenvalue weighted by molar-refractivity contribution is 6.32. The summed E-state index contributed by atoms with van der Waals surface area (Å²) < 4.78 is 5.13. The van der Waals surface area contributed by atoms with Gasteiger partial charge in [0.1, 0.15) is 14.4 Å². The van der Waals surface area contributed by atoms with Crippen molar-refractivity contribution in [3.63, 3.8) is 0 Å². The molecule has 0 saturated carbocycles. The van der Waals surface area contributed by atoms with E-state index in [-0.39, 0.29) is 5.92 Å². The number of ether oxygens (including phenoxy) is 1. The van der Waals surface area contributed by atoms with E-state index < -0.39 is 30.6 Å². The van der Waals surface area contributed by atoms with Crippen LogP contribution in [0.3, 0.4) is 0 Å². The summed E-state index contributed by atoms with van der Waals surface area (Å²) in [7, 11) is 1.92. The first-order chi connectivity index (χ1) is 10.8. The molecule has 124 valence electrons. The highest BCUT2D eigenvalue weighted by Gasteiger charge is 2.24. The Morgan fingerprint density at radius 1 is 1.22 bits per heavy atom. The zero-order chi connectivity index (χ0) is 17.4. The first kappa shape index (κ1) is 18.5. The van der Waals surface area contributed by atoms with Crippen LogP contribution in [0.15, 0.2) is 24.3 Å². The number of hydrogen-bond donors (Lipinski definition) is 3. The molecule has 0 aromatic heterocycles. The number of carbonyl (C=O) groups is 3. The van der Waals surface area contributed by atoms with E-state index in [1.54, 1.807) is 12.1 Å². The Balaban J connectivity index is 2.64. The molecular weight excluding hydrogens is 299 g/mol. The van der Waals surface area contributed by atoms with Crippen molar-refractivity contribution in [2.45, 2.75) is 26.4 Å². The lowest BCUT2D eigenvalue weighted by molar-refractivity contribution is -0.139. The second-order valence-electron chi connectivity index (χ2n) is 5.63. The number of aliphatic carboxylic acids is 1. The second-order valence-corrected chi connectivity index (χ2v) is 5.63. The maximum absolute atomic E-state index is 11.9. The summed E-state index contributed by atoms with van der Waals surface area (Å²) in [5.41, 5.74) is 1.60. The molecule has 3 N–H and O–H groups in total. The van der Waals surface area contributed by atoms with Gasteiger partial charge in [0.2, 0.25) is 0 Å². The quantitative estimate of drug-likeness (QED) is 0.619. The molecule has 8 heteroatoms. The average Bonchev–Trinajstić information content (AvgIpc) is 2.46. The summed E-state index contributed by atoms with van der Waals surface area (Å²) in [6.07, 6.45) is -1.50. The number of carboxylic acid groups (broad SMARTS) is 1. The minimum absolute atomic E-state index is 0.0998. The summed E-state index contributed by atoms with van der Waals surface area (Å²) in [4.78, 5) is 34.3. The molecule has 23 heavy (non-hydrogen) atoms. The van der Waals surface area contributed by atoms with Crippen LogP contribution in [0.2, 0.25) is 0 Å². The van der Waals surface area contributed by atoms with Crippen LogP contribution in [0, 0.1) is 5.92 Å². The van der Waals surface area contributed by atoms with Crippen LogP contribution in [0.25, 0.3) is 0 Å². The Labute approximate surface area is 135 Å². The molecule has 0 saturated heterocycles. The fraction of sp³-hybridized carbons (Fsp3) is 0.400. The second kappa shape index (κ2) is 8.82. The van der Waals surface area contributed by atoms with Gasteiger partial charge in [0.05, 0.1) is 0 Å². The van der Waals surface area contributed by atoms with Crippen molar-refractivity contribution >= 4 is 37.0 Å². The summed E-state index contributed by atoms with van der Waals surface area (Å²) in [5.74, 6) is -1.69.